The molecule has 240 valence electrons. The number of carbonyl (C=O) groups is 3. The average Bonchev–Trinajstić information content (AvgIpc) is 3.62. The van der Waals surface area contributed by atoms with Crippen LogP contribution < -0.4 is 5.32 Å². The molecule has 1 aliphatic heterocycles. The molecule has 2 aliphatic carbocycles. The quantitative estimate of drug-likeness (QED) is 0.246. The highest BCUT2D eigenvalue weighted by Crippen LogP contribution is 2.50. The third-order valence-electron chi connectivity index (χ3n) is 9.10. The first-order valence-corrected chi connectivity index (χ1v) is 16.4. The number of anilines is 1. The van der Waals surface area contributed by atoms with Crippen LogP contribution in [0.15, 0.2) is 84.0 Å². The Morgan fingerprint density at radius 1 is 0.978 bits per heavy atom. The van der Waals surface area contributed by atoms with Crippen LogP contribution in [0.4, 0.5) is 5.69 Å². The lowest BCUT2D eigenvalue weighted by atomic mass is 9.83. The van der Waals surface area contributed by atoms with Crippen LogP contribution >= 0.6 is 0 Å². The molecule has 3 aromatic carbocycles. The molecule has 3 aliphatic rings. The van der Waals surface area contributed by atoms with Gasteiger partial charge >= 0.3 is 5.97 Å². The molecule has 0 aromatic heterocycles. The van der Waals surface area contributed by atoms with E-state index in [-0.39, 0.29) is 36.2 Å². The number of amides is 2. The van der Waals surface area contributed by atoms with Gasteiger partial charge in [0.25, 0.3) is 5.91 Å². The van der Waals surface area contributed by atoms with Crippen LogP contribution in [0, 0.1) is 11.3 Å². The largest absolute Gasteiger partial charge is 0.466 e. The maximum Gasteiger partial charge on any atom is 0.312 e. The molecule has 2 saturated carbocycles. The predicted molar refractivity (Wildman–Crippen MR) is 177 cm³/mol. The smallest absolute Gasteiger partial charge is 0.312 e. The normalized spacial score (nSPS) is 18.4. The lowest BCUT2D eigenvalue weighted by Gasteiger charge is -2.25. The summed E-state index contributed by atoms with van der Waals surface area (Å²) in [6.07, 6.45) is 6.50. The van der Waals surface area contributed by atoms with Gasteiger partial charge in [0.15, 0.2) is 6.61 Å². The van der Waals surface area contributed by atoms with E-state index in [0.717, 1.165) is 66.5 Å². The van der Waals surface area contributed by atoms with E-state index < -0.39 is 11.0 Å². The van der Waals surface area contributed by atoms with Crippen LogP contribution in [-0.2, 0) is 36.8 Å². The van der Waals surface area contributed by atoms with E-state index in [4.69, 9.17) is 9.47 Å². The van der Waals surface area contributed by atoms with Gasteiger partial charge in [-0.3, -0.25) is 14.4 Å². The number of nitrogens with zero attached hydrogens (tertiary/aromatic N) is 2. The van der Waals surface area contributed by atoms with Crippen LogP contribution in [-0.4, -0.2) is 40.9 Å². The summed E-state index contributed by atoms with van der Waals surface area (Å²) in [5.74, 6) is 0.0364. The zero-order valence-electron chi connectivity index (χ0n) is 27.0. The molecule has 3 aromatic rings. The van der Waals surface area contributed by atoms with E-state index >= 15 is 0 Å². The van der Waals surface area contributed by atoms with Gasteiger partial charge < -0.3 is 14.8 Å². The zero-order chi connectivity index (χ0) is 32.3. The highest BCUT2D eigenvalue weighted by Gasteiger charge is 2.52. The van der Waals surface area contributed by atoms with Crippen molar-refractivity contribution in [2.24, 2.45) is 16.4 Å². The Morgan fingerprint density at radius 3 is 2.37 bits per heavy atom. The standard InChI is InChI=1S/C38H43N3O5/c1-37(2,3)46-36(44)38(20-21-38)23-27-10-9-15-31(22-27)39-34(43)33(28-11-7-8-12-28)29-18-16-26(17-19-29)24-41-32(42)25-45-35(40-41)30-13-5-4-6-14-30/h4-6,9-10,13-19,22,28,33H,7-8,11-12,20-21,23-25H2,1-3H3,(H,39,43)/t33-/m0/s1. The van der Waals surface area contributed by atoms with Gasteiger partial charge in [0, 0.05) is 11.3 Å². The Bertz CT molecular complexity index is 1600. The molecule has 0 radical (unpaired) electrons. The first-order valence-electron chi connectivity index (χ1n) is 16.4. The summed E-state index contributed by atoms with van der Waals surface area (Å²) in [7, 11) is 0. The van der Waals surface area contributed by atoms with Crippen molar-refractivity contribution in [3.05, 3.63) is 101 Å². The molecule has 0 saturated heterocycles. The van der Waals surface area contributed by atoms with Crippen LogP contribution in [0.1, 0.15) is 87.5 Å². The number of benzene rings is 3. The summed E-state index contributed by atoms with van der Waals surface area (Å²) in [5.41, 5.74) is 3.47. The summed E-state index contributed by atoms with van der Waals surface area (Å²) in [5, 5.41) is 9.12. The molecule has 46 heavy (non-hydrogen) atoms. The Kier molecular flexibility index (Phi) is 8.98. The highest BCUT2D eigenvalue weighted by atomic mass is 16.6. The Hall–Kier alpha value is -4.46. The minimum absolute atomic E-state index is 0.0227. The number of carbonyl (C=O) groups excluding carboxylic acids is 3. The molecule has 1 N–H and O–H groups in total. The molecule has 0 unspecified atom stereocenters. The molecule has 0 spiro atoms. The lowest BCUT2D eigenvalue weighted by Crippen LogP contribution is -2.36. The van der Waals surface area contributed by atoms with Gasteiger partial charge in [-0.1, -0.05) is 67.4 Å². The highest BCUT2D eigenvalue weighted by molar-refractivity contribution is 5.98. The number of hydrogen-bond acceptors (Lipinski definition) is 6. The van der Waals surface area contributed by atoms with E-state index in [2.05, 4.69) is 10.4 Å². The Labute approximate surface area is 271 Å². The van der Waals surface area contributed by atoms with Crippen molar-refractivity contribution in [2.75, 3.05) is 11.9 Å². The average molecular weight is 622 g/mol. The van der Waals surface area contributed by atoms with Gasteiger partial charge in [-0.2, -0.15) is 0 Å². The van der Waals surface area contributed by atoms with Crippen molar-refractivity contribution in [3.8, 4) is 0 Å². The van der Waals surface area contributed by atoms with Gasteiger partial charge in [0.1, 0.15) is 5.60 Å². The first-order chi connectivity index (χ1) is 22.1. The van der Waals surface area contributed by atoms with E-state index in [1.165, 1.54) is 5.01 Å². The van der Waals surface area contributed by atoms with Gasteiger partial charge in [-0.05, 0) is 99.7 Å². The van der Waals surface area contributed by atoms with E-state index in [1.54, 1.807) is 0 Å². The number of esters is 1. The molecule has 2 amide bonds. The number of ether oxygens (including phenoxy) is 2. The number of rotatable bonds is 10. The molecule has 6 rings (SSSR count). The van der Waals surface area contributed by atoms with Crippen molar-refractivity contribution < 1.29 is 23.9 Å². The Balaban J connectivity index is 1.15. The van der Waals surface area contributed by atoms with Crippen molar-refractivity contribution in [3.63, 3.8) is 0 Å². The van der Waals surface area contributed by atoms with Gasteiger partial charge in [-0.25, -0.2) is 5.01 Å². The van der Waals surface area contributed by atoms with Gasteiger partial charge in [0.05, 0.1) is 17.9 Å². The summed E-state index contributed by atoms with van der Waals surface area (Å²) in [4.78, 5) is 39.4. The molecule has 0 bridgehead atoms. The molecular formula is C38H43N3O5. The number of nitrogens with one attached hydrogen (secondary N) is 1. The van der Waals surface area contributed by atoms with E-state index in [9.17, 15) is 14.4 Å². The third kappa shape index (κ3) is 7.49. The lowest BCUT2D eigenvalue weighted by molar-refractivity contribution is -0.161. The molecule has 1 heterocycles. The van der Waals surface area contributed by atoms with Gasteiger partial charge in [-0.15, -0.1) is 5.10 Å². The van der Waals surface area contributed by atoms with Crippen molar-refractivity contribution >= 4 is 29.4 Å². The minimum Gasteiger partial charge on any atom is -0.466 e. The zero-order valence-corrected chi connectivity index (χ0v) is 27.0. The topological polar surface area (TPSA) is 97.3 Å². The molecular weight excluding hydrogens is 578 g/mol. The predicted octanol–water partition coefficient (Wildman–Crippen LogP) is 6.98. The van der Waals surface area contributed by atoms with Crippen LogP contribution in [0.25, 0.3) is 0 Å². The molecule has 8 heteroatoms. The first kappa shape index (κ1) is 31.5. The summed E-state index contributed by atoms with van der Waals surface area (Å²) >= 11 is 0. The minimum atomic E-state index is -0.518. The fraction of sp³-hybridized carbons (Fsp3) is 0.421. The van der Waals surface area contributed by atoms with E-state index in [0.29, 0.717) is 18.9 Å². The van der Waals surface area contributed by atoms with Crippen molar-refractivity contribution in [2.45, 2.75) is 83.8 Å². The number of hydrazone groups is 1. The maximum absolute atomic E-state index is 13.9. The monoisotopic (exact) mass is 621 g/mol. The van der Waals surface area contributed by atoms with Crippen LogP contribution in [0.5, 0.6) is 0 Å². The molecule has 1 atom stereocenters. The number of hydrogen-bond donors (Lipinski definition) is 1. The Morgan fingerprint density at radius 2 is 1.70 bits per heavy atom. The molecule has 8 nitrogen and oxygen atoms in total. The summed E-state index contributed by atoms with van der Waals surface area (Å²) in [6, 6.07) is 25.4. The fourth-order valence-corrected chi connectivity index (χ4v) is 6.54. The van der Waals surface area contributed by atoms with E-state index in [1.807, 2.05) is 99.6 Å². The fourth-order valence-electron chi connectivity index (χ4n) is 6.54. The van der Waals surface area contributed by atoms with Crippen LogP contribution in [0.2, 0.25) is 0 Å². The van der Waals surface area contributed by atoms with Crippen molar-refractivity contribution in [1.82, 2.24) is 5.01 Å². The molecule has 2 fully saturated rings. The van der Waals surface area contributed by atoms with Crippen LogP contribution in [0.3, 0.4) is 0 Å². The van der Waals surface area contributed by atoms with Gasteiger partial charge in [0.2, 0.25) is 11.8 Å². The third-order valence-corrected chi connectivity index (χ3v) is 9.10. The maximum atomic E-state index is 13.9. The van der Waals surface area contributed by atoms with Crippen molar-refractivity contribution in [1.29, 1.82) is 0 Å². The second-order valence-corrected chi connectivity index (χ2v) is 13.9. The SMILES string of the molecule is CC(C)(C)OC(=O)C1(Cc2cccc(NC(=O)[C@H](c3ccc(CN4N=C(c5ccccc5)OCC4=O)cc3)C3CCCC3)c2)CC1. The summed E-state index contributed by atoms with van der Waals surface area (Å²) in [6.45, 7) is 5.95. The summed E-state index contributed by atoms with van der Waals surface area (Å²) < 4.78 is 11.3. The second-order valence-electron chi connectivity index (χ2n) is 13.9. The second kappa shape index (κ2) is 13.1.